The highest BCUT2D eigenvalue weighted by atomic mass is 16.6. The number of ether oxygens (including phenoxy) is 5. The standard InChI is InChI=1S/C30H42N4O5.C20H26N4O.C19H27N3O3.C6H11NO2.C5H10O2/c1-28(2,3)37-26(35)33-16-10-13-21(18-33)24-31-25(32-39-24)30(14-15-30)19-34(27(36)38-29(4,5)6)23-17-22(23)20-11-8-7-9-12-20;1-2-5-14(6-3-1)16-11-17(16)22-13-20(8-9-20)19-23-18(25-24-19)15-7-4-10-21-12-15;1-18(2,3)25-17(23)22(12-19(9-10-19)16(20)21-24)15-11-14(15)13-7-5-4-6-8-13;8-5-9-6-2-1-3-7-4-6;1-5(2,3)7-4-6/h7-9,11-12,21-23H,10,13-19H2,1-6H3;1-3,5-6,15-17,21-22H,4,7-13H2;4-8,14-15,24H,9-12H2,1-3H3,(H2,20,21);5-7H,1-4H2;4H,1-3H3/t21-,22?,23+;15-,16?,17+;14?,15-;6-;/m1101./s1. The second-order valence-electron chi connectivity index (χ2n) is 34.2. The van der Waals surface area contributed by atoms with E-state index in [-0.39, 0.29) is 64.7 Å². The third-order valence-electron chi connectivity index (χ3n) is 20.7. The van der Waals surface area contributed by atoms with E-state index in [1.165, 1.54) is 42.4 Å². The lowest BCUT2D eigenvalue weighted by Gasteiger charge is -2.32. The number of oxime groups is 1. The third-order valence-corrected chi connectivity index (χ3v) is 20.7. The van der Waals surface area contributed by atoms with Gasteiger partial charge < -0.3 is 74.3 Å². The van der Waals surface area contributed by atoms with Crippen molar-refractivity contribution in [2.24, 2.45) is 16.3 Å². The molecular formula is C80H116N12O13. The topological polar surface area (TPSA) is 314 Å². The van der Waals surface area contributed by atoms with Gasteiger partial charge >= 0.3 is 18.3 Å². The number of likely N-dealkylation sites (tertiary alicyclic amines) is 1. The van der Waals surface area contributed by atoms with E-state index in [4.69, 9.17) is 48.9 Å². The van der Waals surface area contributed by atoms with Crippen LogP contribution in [0.25, 0.3) is 0 Å². The molecule has 9 atom stereocenters. The lowest BCUT2D eigenvalue weighted by Crippen LogP contribution is -2.45. The first kappa shape index (κ1) is 79.4. The first-order chi connectivity index (χ1) is 49.9. The normalized spacial score (nSPS) is 25.0. The molecule has 0 radical (unpaired) electrons. The number of hydrogen-bond acceptors (Lipinski definition) is 21. The molecule has 3 aliphatic heterocycles. The second kappa shape index (κ2) is 34.2. The molecule has 3 unspecified atom stereocenters. The number of hydrogen-bond donors (Lipinski definition) is 5. The Morgan fingerprint density at radius 3 is 1.53 bits per heavy atom. The Labute approximate surface area is 619 Å². The summed E-state index contributed by atoms with van der Waals surface area (Å²) in [7, 11) is 0. The van der Waals surface area contributed by atoms with Crippen LogP contribution in [0, 0.1) is 5.41 Å². The zero-order valence-corrected chi connectivity index (χ0v) is 64.0. The Kier molecular flexibility index (Phi) is 25.8. The fraction of sp³-hybridized carbons (Fsp3) is 0.650. The van der Waals surface area contributed by atoms with Crippen molar-refractivity contribution in [1.29, 1.82) is 0 Å². The molecule has 25 nitrogen and oxygen atoms in total. The minimum absolute atomic E-state index is 0.0313. The second-order valence-corrected chi connectivity index (χ2v) is 34.2. The van der Waals surface area contributed by atoms with Crippen molar-refractivity contribution in [1.82, 2.24) is 50.9 Å². The average molecular weight is 1450 g/mol. The van der Waals surface area contributed by atoms with E-state index in [1.807, 2.05) is 124 Å². The summed E-state index contributed by atoms with van der Waals surface area (Å²) in [5.74, 6) is 4.83. The number of rotatable bonds is 20. The number of nitrogens with zero attached hydrogens (tertiary/aromatic N) is 8. The van der Waals surface area contributed by atoms with Crippen LogP contribution in [0.5, 0.6) is 0 Å². The minimum atomic E-state index is -0.580. The molecule has 0 spiro atoms. The Bertz CT molecular complexity index is 3630. The summed E-state index contributed by atoms with van der Waals surface area (Å²) in [4.78, 5) is 73.3. The van der Waals surface area contributed by atoms with Crippen LogP contribution in [-0.4, -0.2) is 183 Å². The van der Waals surface area contributed by atoms with Crippen LogP contribution in [-0.2, 0) is 44.1 Å². The van der Waals surface area contributed by atoms with Gasteiger partial charge in [0.15, 0.2) is 11.6 Å². The maximum absolute atomic E-state index is 13.4. The number of aromatic nitrogens is 4. The van der Waals surface area contributed by atoms with Gasteiger partial charge in [-0.2, -0.15) is 9.97 Å². The van der Waals surface area contributed by atoms with Gasteiger partial charge in [-0.3, -0.25) is 9.59 Å². The van der Waals surface area contributed by atoms with Crippen LogP contribution in [0.4, 0.5) is 14.4 Å². The maximum Gasteiger partial charge on any atom is 0.410 e. The summed E-state index contributed by atoms with van der Waals surface area (Å²) in [5, 5.41) is 31.3. The number of amidine groups is 1. The smallest absolute Gasteiger partial charge is 0.410 e. The monoisotopic (exact) mass is 1450 g/mol. The molecule has 3 amide bonds. The van der Waals surface area contributed by atoms with Crippen molar-refractivity contribution >= 4 is 37.1 Å². The Morgan fingerprint density at radius 2 is 1.10 bits per heavy atom. The fourth-order valence-electron chi connectivity index (χ4n) is 14.0. The SMILES string of the molecule is CC(C)(C)OC(=O)N(CC1(C(N)=NO)CC1)[C@H]1CC1c1ccccc1.CC(C)(C)OC(=O)N1CCC[C@@H](c2nc(C3(CN(C(=O)OC(C)(C)C)[C@H]4CC4c4ccccc4)CC3)no2)C1.CC(C)(C)OC=O.O=CO[C@@H]1CCCNC1.c1ccc(C2C[C@@H]2NCC2(c3noc([C@@H]4CCCNC4)n3)CC2)cc1. The van der Waals surface area contributed by atoms with Gasteiger partial charge in [0.1, 0.15) is 34.3 Å². The van der Waals surface area contributed by atoms with Gasteiger partial charge in [0.05, 0.1) is 17.3 Å². The average Bonchev–Trinajstić information content (AvgIpc) is 1.64. The number of carbonyl (C=O) groups is 5. The summed E-state index contributed by atoms with van der Waals surface area (Å²) in [6, 6.07) is 32.2. The van der Waals surface area contributed by atoms with Crippen molar-refractivity contribution in [2.45, 2.75) is 266 Å². The Hall–Kier alpha value is -8.16. The van der Waals surface area contributed by atoms with Gasteiger partial charge in [-0.15, -0.1) is 0 Å². The first-order valence-corrected chi connectivity index (χ1v) is 38.1. The van der Waals surface area contributed by atoms with E-state index in [0.29, 0.717) is 80.6 Å². The summed E-state index contributed by atoms with van der Waals surface area (Å²) in [6.07, 6.45) is 14.2. The molecule has 5 aromatic rings. The molecule has 6 N–H and O–H groups in total. The summed E-state index contributed by atoms with van der Waals surface area (Å²) in [5.41, 5.74) is 7.19. The lowest BCUT2D eigenvalue weighted by molar-refractivity contribution is -0.138. The number of carbonyl (C=O) groups excluding carboxylic acids is 5. The van der Waals surface area contributed by atoms with E-state index in [2.05, 4.69) is 90.8 Å². The molecule has 3 saturated heterocycles. The van der Waals surface area contributed by atoms with Crippen LogP contribution in [0.3, 0.4) is 0 Å². The van der Waals surface area contributed by atoms with Crippen molar-refractivity contribution in [2.75, 3.05) is 58.9 Å². The van der Waals surface area contributed by atoms with E-state index >= 15 is 0 Å². The highest BCUT2D eigenvalue weighted by molar-refractivity contribution is 5.89. The summed E-state index contributed by atoms with van der Waals surface area (Å²) in [6.45, 7) is 30.3. The molecule has 2 aromatic heterocycles. The van der Waals surface area contributed by atoms with Crippen LogP contribution in [0.15, 0.2) is 105 Å². The molecule has 25 heteroatoms. The Morgan fingerprint density at radius 1 is 0.610 bits per heavy atom. The van der Waals surface area contributed by atoms with Gasteiger partial charge in [0.25, 0.3) is 12.9 Å². The van der Waals surface area contributed by atoms with Crippen LogP contribution in [0.2, 0.25) is 0 Å². The van der Waals surface area contributed by atoms with Crippen molar-refractivity contribution in [3.8, 4) is 0 Å². The van der Waals surface area contributed by atoms with Crippen LogP contribution < -0.4 is 21.7 Å². The van der Waals surface area contributed by atoms with Gasteiger partial charge in [-0.25, -0.2) is 14.4 Å². The number of benzene rings is 3. The van der Waals surface area contributed by atoms with Crippen molar-refractivity contribution in [3.05, 3.63) is 131 Å². The number of nitrogens with one attached hydrogen (secondary N) is 3. The molecule has 6 aliphatic carbocycles. The molecule has 9 aliphatic rings. The molecule has 5 heterocycles. The number of amides is 3. The molecule has 9 fully saturated rings. The summed E-state index contributed by atoms with van der Waals surface area (Å²) >= 11 is 0. The van der Waals surface area contributed by atoms with Crippen molar-refractivity contribution < 1.29 is 61.9 Å². The van der Waals surface area contributed by atoms with E-state index in [1.54, 1.807) is 9.80 Å². The van der Waals surface area contributed by atoms with Gasteiger partial charge in [-0.05, 0) is 209 Å². The van der Waals surface area contributed by atoms with E-state index in [9.17, 15) is 24.0 Å². The third kappa shape index (κ3) is 23.2. The highest BCUT2D eigenvalue weighted by Gasteiger charge is 2.57. The van der Waals surface area contributed by atoms with Gasteiger partial charge in [0.2, 0.25) is 11.8 Å². The Balaban J connectivity index is 0.000000156. The molecular weight excluding hydrogens is 1340 g/mol. The number of nitrogens with two attached hydrogens (primary N) is 1. The fourth-order valence-corrected chi connectivity index (χ4v) is 14.0. The zero-order chi connectivity index (χ0) is 75.4. The quantitative estimate of drug-likeness (QED) is 0.0121. The van der Waals surface area contributed by atoms with E-state index < -0.39 is 22.2 Å². The molecule has 0 bridgehead atoms. The summed E-state index contributed by atoms with van der Waals surface area (Å²) < 4.78 is 37.7. The van der Waals surface area contributed by atoms with E-state index in [0.717, 1.165) is 115 Å². The molecule has 574 valence electrons. The zero-order valence-electron chi connectivity index (χ0n) is 64.0. The molecule has 105 heavy (non-hydrogen) atoms. The van der Waals surface area contributed by atoms with Crippen LogP contribution >= 0.6 is 0 Å². The van der Waals surface area contributed by atoms with Crippen LogP contribution in [0.1, 0.15) is 249 Å². The molecule has 6 saturated carbocycles. The first-order valence-electron chi connectivity index (χ1n) is 38.1. The van der Waals surface area contributed by atoms with Gasteiger partial charge in [-0.1, -0.05) is 106 Å². The van der Waals surface area contributed by atoms with Crippen molar-refractivity contribution in [3.63, 3.8) is 0 Å². The highest BCUT2D eigenvalue weighted by Crippen LogP contribution is 2.54. The predicted molar refractivity (Wildman–Crippen MR) is 397 cm³/mol. The van der Waals surface area contributed by atoms with Gasteiger partial charge in [0, 0.05) is 92.5 Å². The largest absolute Gasteiger partial charge is 0.463 e. The predicted octanol–water partition coefficient (Wildman–Crippen LogP) is 12.9. The molecule has 14 rings (SSSR count). The molecule has 3 aromatic carbocycles. The minimum Gasteiger partial charge on any atom is -0.463 e. The number of piperidine rings is 3. The maximum atomic E-state index is 13.4. The lowest BCUT2D eigenvalue weighted by atomic mass is 9.98.